The molecule has 1 aliphatic rings. The number of alkyl halides is 8. The highest BCUT2D eigenvalue weighted by Crippen LogP contribution is 2.51. The molecule has 0 aliphatic carbocycles. The van der Waals surface area contributed by atoms with E-state index in [1.165, 1.54) is 4.90 Å². The van der Waals surface area contributed by atoms with Crippen LogP contribution in [-0.2, 0) is 11.0 Å². The molecule has 2 rings (SSSR count). The van der Waals surface area contributed by atoms with E-state index < -0.39 is 66.6 Å². The lowest BCUT2D eigenvalue weighted by Gasteiger charge is -2.50. The first-order chi connectivity index (χ1) is 16.2. The lowest BCUT2D eigenvalue weighted by molar-refractivity contribution is -0.191. The predicted molar refractivity (Wildman–Crippen MR) is 119 cm³/mol. The normalized spacial score (nSPS) is 23.3. The molecule has 0 amide bonds. The van der Waals surface area contributed by atoms with Gasteiger partial charge in [0.15, 0.2) is 0 Å². The van der Waals surface area contributed by atoms with Gasteiger partial charge in [-0.2, -0.15) is 26.3 Å². The second-order valence-electron chi connectivity index (χ2n) is 10.9. The monoisotopic (exact) mass is 531 g/mol. The van der Waals surface area contributed by atoms with Gasteiger partial charge in [0.05, 0.1) is 17.5 Å². The minimum atomic E-state index is -4.70. The van der Waals surface area contributed by atoms with Crippen LogP contribution in [0.2, 0.25) is 0 Å². The summed E-state index contributed by atoms with van der Waals surface area (Å²) in [5, 5.41) is 9.37. The Bertz CT molecular complexity index is 856. The zero-order valence-electron chi connectivity index (χ0n) is 20.7. The first-order valence-electron chi connectivity index (χ1n) is 11.8. The number of carboxylic acid groups (broad SMARTS) is 1. The van der Waals surface area contributed by atoms with Crippen molar-refractivity contribution in [1.82, 2.24) is 4.90 Å². The van der Waals surface area contributed by atoms with Crippen molar-refractivity contribution in [2.75, 3.05) is 6.54 Å². The van der Waals surface area contributed by atoms with E-state index in [1.54, 1.807) is 0 Å². The summed E-state index contributed by atoms with van der Waals surface area (Å²) in [6.45, 7) is 6.65. The number of rotatable bonds is 8. The fraction of sp³-hybridized carbons (Fsp3) is 0.720. The van der Waals surface area contributed by atoms with Crippen LogP contribution in [0.1, 0.15) is 77.0 Å². The van der Waals surface area contributed by atoms with E-state index in [2.05, 4.69) is 0 Å². The van der Waals surface area contributed by atoms with Gasteiger partial charge in [0.2, 0.25) is 0 Å². The summed E-state index contributed by atoms with van der Waals surface area (Å²) < 4.78 is 110. The number of halogens is 8. The fourth-order valence-electron chi connectivity index (χ4n) is 4.86. The van der Waals surface area contributed by atoms with E-state index in [0.717, 1.165) is 19.1 Å². The molecule has 0 radical (unpaired) electrons. The lowest BCUT2D eigenvalue weighted by Crippen LogP contribution is -2.56. The maximum Gasteiger partial charge on any atom is 0.416 e. The van der Waals surface area contributed by atoms with Gasteiger partial charge in [-0.15, -0.1) is 0 Å². The molecule has 0 aromatic heterocycles. The summed E-state index contributed by atoms with van der Waals surface area (Å²) in [5.74, 6) is -8.25. The van der Waals surface area contributed by atoms with Gasteiger partial charge in [-0.25, -0.2) is 8.78 Å². The van der Waals surface area contributed by atoms with Crippen LogP contribution in [0, 0.1) is 17.3 Å². The van der Waals surface area contributed by atoms with Crippen LogP contribution in [0.5, 0.6) is 0 Å². The van der Waals surface area contributed by atoms with Crippen molar-refractivity contribution in [2.24, 2.45) is 17.3 Å². The molecular weight excluding hydrogens is 498 g/mol. The molecule has 1 N–H and O–H groups in total. The second-order valence-corrected chi connectivity index (χ2v) is 10.9. The van der Waals surface area contributed by atoms with Crippen LogP contribution < -0.4 is 0 Å². The molecule has 1 aliphatic heterocycles. The first-order valence-corrected chi connectivity index (χ1v) is 11.8. The maximum atomic E-state index is 16.0. The Labute approximate surface area is 205 Å². The Balaban J connectivity index is 2.56. The molecule has 1 heterocycles. The minimum absolute atomic E-state index is 0.101. The van der Waals surface area contributed by atoms with Crippen molar-refractivity contribution in [1.29, 1.82) is 0 Å². The minimum Gasteiger partial charge on any atom is -0.481 e. The van der Waals surface area contributed by atoms with Gasteiger partial charge in [0.25, 0.3) is 5.92 Å². The van der Waals surface area contributed by atoms with Crippen molar-refractivity contribution in [3.63, 3.8) is 0 Å². The van der Waals surface area contributed by atoms with Crippen molar-refractivity contribution >= 4 is 5.97 Å². The highest BCUT2D eigenvalue weighted by molar-refractivity contribution is 5.70. The van der Waals surface area contributed by atoms with E-state index in [9.17, 15) is 36.2 Å². The van der Waals surface area contributed by atoms with E-state index in [1.807, 2.05) is 20.8 Å². The van der Waals surface area contributed by atoms with Gasteiger partial charge < -0.3 is 5.11 Å². The molecule has 1 saturated heterocycles. The number of aliphatic carboxylic acids is 1. The van der Waals surface area contributed by atoms with Crippen LogP contribution in [0.3, 0.4) is 0 Å². The zero-order chi connectivity index (χ0) is 27.7. The van der Waals surface area contributed by atoms with Gasteiger partial charge in [-0.1, -0.05) is 39.8 Å². The molecule has 36 heavy (non-hydrogen) atoms. The number of nitrogens with zero attached hydrogens (tertiary/aromatic N) is 1. The van der Waals surface area contributed by atoms with Gasteiger partial charge >= 0.3 is 18.3 Å². The van der Waals surface area contributed by atoms with Crippen LogP contribution in [0.15, 0.2) is 24.3 Å². The van der Waals surface area contributed by atoms with E-state index in [4.69, 9.17) is 0 Å². The molecular formula is C25H33F8NO2. The van der Waals surface area contributed by atoms with Gasteiger partial charge in [-0.3, -0.25) is 9.69 Å². The number of hydrogen-bond donors (Lipinski definition) is 1. The Morgan fingerprint density at radius 3 is 2.00 bits per heavy atom. The fourth-order valence-corrected chi connectivity index (χ4v) is 4.86. The number of carbonyl (C=O) groups is 1. The van der Waals surface area contributed by atoms with E-state index in [0.29, 0.717) is 18.6 Å². The molecule has 11 heteroatoms. The largest absolute Gasteiger partial charge is 0.481 e. The summed E-state index contributed by atoms with van der Waals surface area (Å²) in [5.41, 5.74) is -1.53. The molecule has 206 valence electrons. The highest BCUT2D eigenvalue weighted by atomic mass is 19.4. The summed E-state index contributed by atoms with van der Waals surface area (Å²) in [6.07, 6.45) is -10.5. The molecule has 4 atom stereocenters. The quantitative estimate of drug-likeness (QED) is 0.346. The third-order valence-corrected chi connectivity index (χ3v) is 6.89. The van der Waals surface area contributed by atoms with Crippen LogP contribution in [0.25, 0.3) is 0 Å². The number of hydrogen-bond acceptors (Lipinski definition) is 2. The second kappa shape index (κ2) is 10.8. The molecule has 1 fully saturated rings. The Kier molecular flexibility index (Phi) is 9.12. The molecule has 1 aromatic rings. The Morgan fingerprint density at radius 2 is 1.56 bits per heavy atom. The van der Waals surface area contributed by atoms with Crippen molar-refractivity contribution in [3.05, 3.63) is 35.4 Å². The van der Waals surface area contributed by atoms with Crippen molar-refractivity contribution in [2.45, 2.75) is 90.2 Å². The lowest BCUT2D eigenvalue weighted by atomic mass is 9.75. The van der Waals surface area contributed by atoms with Gasteiger partial charge in [-0.05, 0) is 55.3 Å². The molecule has 0 bridgehead atoms. The van der Waals surface area contributed by atoms with Crippen LogP contribution in [-0.4, -0.2) is 40.7 Å². The third-order valence-electron chi connectivity index (χ3n) is 6.89. The molecule has 1 aromatic carbocycles. The van der Waals surface area contributed by atoms with E-state index >= 15 is 8.78 Å². The van der Waals surface area contributed by atoms with Crippen LogP contribution >= 0.6 is 0 Å². The number of piperidine rings is 1. The molecule has 0 spiro atoms. The first kappa shape index (κ1) is 30.3. The Hall–Kier alpha value is -1.91. The zero-order valence-corrected chi connectivity index (χ0v) is 20.7. The summed E-state index contributed by atoms with van der Waals surface area (Å²) in [4.78, 5) is 12.8. The smallest absolute Gasteiger partial charge is 0.416 e. The predicted octanol–water partition coefficient (Wildman–Crippen LogP) is 7.96. The SMILES string of the molecule is CC(C(=O)O)[C@@H]1CCN([C@H](CCC(C)(C)C)CCC(F)(F)F)[C@H](c2ccc(C(F)(F)F)cc2)C1(F)F. The van der Waals surface area contributed by atoms with Gasteiger partial charge in [0, 0.05) is 18.4 Å². The third kappa shape index (κ3) is 7.79. The maximum absolute atomic E-state index is 16.0. The summed E-state index contributed by atoms with van der Waals surface area (Å²) >= 11 is 0. The Morgan fingerprint density at radius 1 is 1.03 bits per heavy atom. The average Bonchev–Trinajstić information content (AvgIpc) is 2.70. The van der Waals surface area contributed by atoms with Crippen LogP contribution in [0.4, 0.5) is 35.1 Å². The van der Waals surface area contributed by atoms with E-state index in [-0.39, 0.29) is 30.4 Å². The van der Waals surface area contributed by atoms with Crippen molar-refractivity contribution in [3.8, 4) is 0 Å². The molecule has 1 unspecified atom stereocenters. The summed E-state index contributed by atoms with van der Waals surface area (Å²) in [6, 6.07) is 0.352. The number of likely N-dealkylation sites (tertiary alicyclic amines) is 1. The molecule has 0 saturated carbocycles. The van der Waals surface area contributed by atoms with Crippen molar-refractivity contribution < 1.29 is 45.0 Å². The highest BCUT2D eigenvalue weighted by Gasteiger charge is 2.57. The average molecular weight is 532 g/mol. The summed E-state index contributed by atoms with van der Waals surface area (Å²) in [7, 11) is 0. The van der Waals surface area contributed by atoms with Gasteiger partial charge in [0.1, 0.15) is 0 Å². The number of benzene rings is 1. The standard InChI is InChI=1S/C25H33F8NO2/c1-15(21(35)36)19-11-14-34(18(9-12-22(2,3)4)10-13-23(26,27)28)20(24(19,29)30)16-5-7-17(8-6-16)25(31,32)33/h5-8,15,18-20H,9-14H2,1-4H3,(H,35,36)/t15?,18-,19+,20-/m1/s1. The number of carboxylic acids is 1. The molecule has 3 nitrogen and oxygen atoms in total. The topological polar surface area (TPSA) is 40.5 Å².